The minimum atomic E-state index is 0.249. The molecule has 1 aliphatic carbocycles. The lowest BCUT2D eigenvalue weighted by atomic mass is 9.87. The van der Waals surface area contributed by atoms with Gasteiger partial charge in [-0.25, -0.2) is 0 Å². The molecular weight excluding hydrogens is 272 g/mol. The van der Waals surface area contributed by atoms with Crippen molar-refractivity contribution in [2.45, 2.75) is 25.2 Å². The van der Waals surface area contributed by atoms with E-state index in [0.717, 1.165) is 12.0 Å². The number of benzene rings is 2. The summed E-state index contributed by atoms with van der Waals surface area (Å²) in [6.45, 7) is 2.05. The van der Waals surface area contributed by atoms with Gasteiger partial charge in [0.25, 0.3) is 0 Å². The Balaban J connectivity index is 1.79. The molecule has 1 aliphatic rings. The summed E-state index contributed by atoms with van der Waals surface area (Å²) in [6, 6.07) is 13.2. The molecule has 0 saturated carbocycles. The topological polar surface area (TPSA) is 40.5 Å². The molecule has 0 spiro atoms. The predicted octanol–water partition coefficient (Wildman–Crippen LogP) is 4.65. The van der Waals surface area contributed by atoms with Crippen LogP contribution in [-0.2, 0) is 6.42 Å². The van der Waals surface area contributed by atoms with E-state index in [0.29, 0.717) is 11.5 Å². The fourth-order valence-electron chi connectivity index (χ4n) is 2.84. The smallest absolute Gasteiger partial charge is 0.118 e. The van der Waals surface area contributed by atoms with E-state index >= 15 is 0 Å². The molecule has 0 fully saturated rings. The van der Waals surface area contributed by atoms with E-state index in [-0.39, 0.29) is 11.8 Å². The first kappa shape index (κ1) is 14.5. The zero-order chi connectivity index (χ0) is 15.5. The second kappa shape index (κ2) is 6.10. The van der Waals surface area contributed by atoms with Crippen molar-refractivity contribution in [1.29, 1.82) is 0 Å². The lowest BCUT2D eigenvalue weighted by Crippen LogP contribution is -2.01. The molecule has 2 aromatic rings. The third kappa shape index (κ3) is 2.91. The van der Waals surface area contributed by atoms with Crippen LogP contribution in [0.1, 0.15) is 35.4 Å². The number of hydrogen-bond donors (Lipinski definition) is 2. The number of aryl methyl sites for hydroxylation is 1. The first-order valence-corrected chi connectivity index (χ1v) is 7.64. The Morgan fingerprint density at radius 2 is 1.32 bits per heavy atom. The van der Waals surface area contributed by atoms with E-state index in [1.807, 2.05) is 25.1 Å². The lowest BCUT2D eigenvalue weighted by Gasteiger charge is -2.18. The molecule has 2 N–H and O–H groups in total. The summed E-state index contributed by atoms with van der Waals surface area (Å²) in [5.74, 6) is 1.16. The van der Waals surface area contributed by atoms with Gasteiger partial charge in [0.05, 0.1) is 0 Å². The Morgan fingerprint density at radius 3 is 1.91 bits per heavy atom. The number of allylic oxidation sites excluding steroid dienone is 4. The van der Waals surface area contributed by atoms with Gasteiger partial charge in [0.1, 0.15) is 11.5 Å². The summed E-state index contributed by atoms with van der Waals surface area (Å²) in [7, 11) is 0. The van der Waals surface area contributed by atoms with Crippen LogP contribution in [0.25, 0.3) is 0 Å². The van der Waals surface area contributed by atoms with Crippen LogP contribution >= 0.6 is 0 Å². The largest absolute Gasteiger partial charge is 0.508 e. The molecule has 0 saturated heterocycles. The summed E-state index contributed by atoms with van der Waals surface area (Å²) in [5, 5.41) is 19.2. The SMILES string of the molecule is CCc1cc(C2C=CC(c3ccc(O)cc3)C=C2)ccc1O. The quantitative estimate of drug-likeness (QED) is 0.808. The molecule has 2 nitrogen and oxygen atoms in total. The summed E-state index contributed by atoms with van der Waals surface area (Å²) < 4.78 is 0. The summed E-state index contributed by atoms with van der Waals surface area (Å²) in [4.78, 5) is 0. The Kier molecular flexibility index (Phi) is 4.01. The van der Waals surface area contributed by atoms with Gasteiger partial charge in [0.15, 0.2) is 0 Å². The Morgan fingerprint density at radius 1 is 0.773 bits per heavy atom. The lowest BCUT2D eigenvalue weighted by molar-refractivity contribution is 0.468. The fourth-order valence-corrected chi connectivity index (χ4v) is 2.84. The second-order valence-corrected chi connectivity index (χ2v) is 5.65. The van der Waals surface area contributed by atoms with Crippen LogP contribution in [-0.4, -0.2) is 10.2 Å². The van der Waals surface area contributed by atoms with Crippen LogP contribution in [0.15, 0.2) is 66.8 Å². The van der Waals surface area contributed by atoms with Crippen molar-refractivity contribution in [1.82, 2.24) is 0 Å². The van der Waals surface area contributed by atoms with Gasteiger partial charge in [0, 0.05) is 11.8 Å². The summed E-state index contributed by atoms with van der Waals surface area (Å²) in [5.41, 5.74) is 3.36. The van der Waals surface area contributed by atoms with Crippen LogP contribution in [0.5, 0.6) is 11.5 Å². The van der Waals surface area contributed by atoms with Gasteiger partial charge in [-0.05, 0) is 41.3 Å². The van der Waals surface area contributed by atoms with E-state index in [1.165, 1.54) is 11.1 Å². The second-order valence-electron chi connectivity index (χ2n) is 5.65. The molecule has 112 valence electrons. The highest BCUT2D eigenvalue weighted by Gasteiger charge is 2.14. The number of rotatable bonds is 3. The first-order chi connectivity index (χ1) is 10.7. The highest BCUT2D eigenvalue weighted by Crippen LogP contribution is 2.32. The van der Waals surface area contributed by atoms with Crippen molar-refractivity contribution >= 4 is 0 Å². The van der Waals surface area contributed by atoms with Crippen molar-refractivity contribution in [2.24, 2.45) is 0 Å². The third-order valence-corrected chi connectivity index (χ3v) is 4.20. The molecule has 0 atom stereocenters. The van der Waals surface area contributed by atoms with E-state index < -0.39 is 0 Å². The van der Waals surface area contributed by atoms with Crippen molar-refractivity contribution in [3.05, 3.63) is 83.5 Å². The van der Waals surface area contributed by atoms with Gasteiger partial charge in [0.2, 0.25) is 0 Å². The average molecular weight is 292 g/mol. The highest BCUT2D eigenvalue weighted by molar-refractivity contribution is 5.43. The minimum Gasteiger partial charge on any atom is -0.508 e. The molecule has 0 bridgehead atoms. The summed E-state index contributed by atoms with van der Waals surface area (Å²) in [6.07, 6.45) is 9.60. The molecule has 0 amide bonds. The molecular formula is C20H20O2. The third-order valence-electron chi connectivity index (χ3n) is 4.20. The Labute approximate surface area is 131 Å². The zero-order valence-electron chi connectivity index (χ0n) is 12.6. The number of hydrogen-bond acceptors (Lipinski definition) is 2. The molecule has 3 rings (SSSR count). The first-order valence-electron chi connectivity index (χ1n) is 7.64. The molecule has 0 heterocycles. The van der Waals surface area contributed by atoms with Crippen molar-refractivity contribution in [3.63, 3.8) is 0 Å². The molecule has 22 heavy (non-hydrogen) atoms. The van der Waals surface area contributed by atoms with Crippen LogP contribution in [0, 0.1) is 0 Å². The monoisotopic (exact) mass is 292 g/mol. The standard InChI is InChI=1S/C20H20O2/c1-2-14-13-18(9-12-20(14)22)17-5-3-15(4-6-17)16-7-10-19(21)11-8-16/h3-13,15,17,21-22H,2H2,1H3. The molecule has 2 heteroatoms. The van der Waals surface area contributed by atoms with Crippen LogP contribution < -0.4 is 0 Å². The van der Waals surface area contributed by atoms with Gasteiger partial charge in [-0.1, -0.05) is 55.5 Å². The normalized spacial score (nSPS) is 20.2. The van der Waals surface area contributed by atoms with Gasteiger partial charge >= 0.3 is 0 Å². The van der Waals surface area contributed by atoms with Gasteiger partial charge in [-0.3, -0.25) is 0 Å². The summed E-state index contributed by atoms with van der Waals surface area (Å²) >= 11 is 0. The molecule has 0 aliphatic heterocycles. The Bertz CT molecular complexity index is 697. The predicted molar refractivity (Wildman–Crippen MR) is 89.4 cm³/mol. The van der Waals surface area contributed by atoms with Gasteiger partial charge < -0.3 is 10.2 Å². The van der Waals surface area contributed by atoms with Crippen LogP contribution in [0.2, 0.25) is 0 Å². The average Bonchev–Trinajstić information content (AvgIpc) is 2.56. The van der Waals surface area contributed by atoms with Crippen molar-refractivity contribution in [2.75, 3.05) is 0 Å². The van der Waals surface area contributed by atoms with E-state index in [2.05, 4.69) is 30.4 Å². The van der Waals surface area contributed by atoms with Crippen molar-refractivity contribution in [3.8, 4) is 11.5 Å². The number of phenolic OH excluding ortho intramolecular Hbond substituents is 2. The Hall–Kier alpha value is -2.48. The molecule has 0 radical (unpaired) electrons. The molecule has 0 unspecified atom stereocenters. The van der Waals surface area contributed by atoms with E-state index in [4.69, 9.17) is 0 Å². The minimum absolute atomic E-state index is 0.249. The highest BCUT2D eigenvalue weighted by atomic mass is 16.3. The number of phenols is 2. The van der Waals surface area contributed by atoms with Crippen molar-refractivity contribution < 1.29 is 10.2 Å². The zero-order valence-corrected chi connectivity index (χ0v) is 12.6. The van der Waals surface area contributed by atoms with Gasteiger partial charge in [-0.2, -0.15) is 0 Å². The van der Waals surface area contributed by atoms with Crippen LogP contribution in [0.4, 0.5) is 0 Å². The van der Waals surface area contributed by atoms with Gasteiger partial charge in [-0.15, -0.1) is 0 Å². The van der Waals surface area contributed by atoms with E-state index in [9.17, 15) is 10.2 Å². The maximum atomic E-state index is 9.79. The fraction of sp³-hybridized carbons (Fsp3) is 0.200. The maximum absolute atomic E-state index is 9.79. The maximum Gasteiger partial charge on any atom is 0.118 e. The molecule has 2 aromatic carbocycles. The molecule has 0 aromatic heterocycles. The van der Waals surface area contributed by atoms with E-state index in [1.54, 1.807) is 18.2 Å². The van der Waals surface area contributed by atoms with Crippen LogP contribution in [0.3, 0.4) is 0 Å². The number of aromatic hydroxyl groups is 2.